The van der Waals surface area contributed by atoms with Crippen LogP contribution in [-0.2, 0) is 4.74 Å². The first-order valence-electron chi connectivity index (χ1n) is 15.9. The fraction of sp³-hybridized carbons (Fsp3) is 0.469. The number of pyridine rings is 1. The van der Waals surface area contributed by atoms with Crippen LogP contribution in [0.2, 0.25) is 0 Å². The maximum atomic E-state index is 13.2. The van der Waals surface area contributed by atoms with Crippen molar-refractivity contribution >= 4 is 39.8 Å². The van der Waals surface area contributed by atoms with Crippen molar-refractivity contribution in [3.63, 3.8) is 0 Å². The van der Waals surface area contributed by atoms with Gasteiger partial charge < -0.3 is 30.1 Å². The summed E-state index contributed by atoms with van der Waals surface area (Å²) in [6.45, 7) is 7.74. The first-order valence-corrected chi connectivity index (χ1v) is 16.7. The first kappa shape index (κ1) is 30.7. The molecule has 1 saturated carbocycles. The molecular formula is C32H37N11O3S. The van der Waals surface area contributed by atoms with Crippen LogP contribution in [0.25, 0.3) is 27.5 Å². The van der Waals surface area contributed by atoms with Crippen LogP contribution in [0.3, 0.4) is 0 Å². The molecule has 3 amide bonds. The van der Waals surface area contributed by atoms with Gasteiger partial charge in [0.2, 0.25) is 5.13 Å². The average Bonchev–Trinajstić information content (AvgIpc) is 3.79. The number of piperidine rings is 1. The number of fused-ring (bicyclic) bond motifs is 3. The molecule has 2 aliphatic heterocycles. The van der Waals surface area contributed by atoms with Crippen molar-refractivity contribution in [2.75, 3.05) is 56.6 Å². The summed E-state index contributed by atoms with van der Waals surface area (Å²) in [5.74, 6) is 0.658. The van der Waals surface area contributed by atoms with E-state index in [4.69, 9.17) is 9.72 Å². The third-order valence-electron chi connectivity index (χ3n) is 9.28. The topological polar surface area (TPSA) is 157 Å². The third-order valence-corrected chi connectivity index (χ3v) is 10.3. The summed E-state index contributed by atoms with van der Waals surface area (Å²) in [4.78, 5) is 35.5. The lowest BCUT2D eigenvalue weighted by molar-refractivity contribution is 0.0955. The molecule has 0 unspecified atom stereocenters. The van der Waals surface area contributed by atoms with Gasteiger partial charge in [0, 0.05) is 63.2 Å². The summed E-state index contributed by atoms with van der Waals surface area (Å²) < 4.78 is 6.60. The molecule has 47 heavy (non-hydrogen) atoms. The van der Waals surface area contributed by atoms with Crippen molar-refractivity contribution in [2.45, 2.75) is 38.8 Å². The van der Waals surface area contributed by atoms with E-state index in [0.717, 1.165) is 64.2 Å². The monoisotopic (exact) mass is 655 g/mol. The molecular weight excluding hydrogens is 618 g/mol. The second-order valence-electron chi connectivity index (χ2n) is 12.6. The minimum Gasteiger partial charge on any atom is -0.453 e. The number of nitrogens with one attached hydrogen (secondary N) is 2. The SMILES string of the molecule is COC(=O)N1CCN(C(=O)N[C@@H]2[C@@H]3CC[C@H]2CN(c2nnc(-c4cnc(-c5ccc6cc(C#N)cnn56)cc4NC(C)C)s2)C3)CC1. The zero-order valence-corrected chi connectivity index (χ0v) is 27.4. The Kier molecular flexibility index (Phi) is 8.27. The fourth-order valence-electron chi connectivity index (χ4n) is 6.97. The molecule has 1 aliphatic carbocycles. The highest BCUT2D eigenvalue weighted by molar-refractivity contribution is 7.18. The number of carbonyl (C=O) groups is 2. The van der Waals surface area contributed by atoms with Gasteiger partial charge in [-0.3, -0.25) is 4.98 Å². The summed E-state index contributed by atoms with van der Waals surface area (Å²) >= 11 is 1.56. The van der Waals surface area contributed by atoms with Crippen molar-refractivity contribution in [2.24, 2.45) is 11.8 Å². The largest absolute Gasteiger partial charge is 0.453 e. The zero-order valence-electron chi connectivity index (χ0n) is 26.6. The van der Waals surface area contributed by atoms with Gasteiger partial charge in [-0.05, 0) is 62.8 Å². The quantitative estimate of drug-likeness (QED) is 0.312. The molecule has 0 radical (unpaired) electrons. The van der Waals surface area contributed by atoms with Crippen LogP contribution in [0.4, 0.5) is 20.4 Å². The van der Waals surface area contributed by atoms with E-state index in [1.807, 2.05) is 24.4 Å². The average molecular weight is 656 g/mol. The molecule has 3 atom stereocenters. The number of ether oxygens (including phenoxy) is 1. The smallest absolute Gasteiger partial charge is 0.409 e. The van der Waals surface area contributed by atoms with Gasteiger partial charge in [-0.2, -0.15) is 10.4 Å². The van der Waals surface area contributed by atoms with Crippen molar-refractivity contribution in [1.82, 2.24) is 39.9 Å². The molecule has 4 aromatic rings. The molecule has 4 aromatic heterocycles. The standard InChI is InChI=1S/C32H37N11O3S/c1-19(2)36-25-13-26(27-7-6-23-12-20(14-33)15-35-43(23)27)34-16-24(25)29-38-39-31(47-29)42-17-21-4-5-22(18-42)28(21)37-30(44)40-8-10-41(11-9-40)32(45)46-3/h6-7,12-13,15-16,19,21-22,28H,4-5,8-11,17-18H2,1-3H3,(H,34,36)(H,37,44)/t21-,22+,28-. The molecule has 244 valence electrons. The summed E-state index contributed by atoms with van der Waals surface area (Å²) in [6, 6.07) is 10.1. The predicted octanol–water partition coefficient (Wildman–Crippen LogP) is 3.92. The molecule has 14 nitrogen and oxygen atoms in total. The molecule has 7 rings (SSSR count). The van der Waals surface area contributed by atoms with Gasteiger partial charge in [0.1, 0.15) is 6.07 Å². The molecule has 2 saturated heterocycles. The van der Waals surface area contributed by atoms with Crippen LogP contribution < -0.4 is 15.5 Å². The van der Waals surface area contributed by atoms with E-state index in [2.05, 4.69) is 50.7 Å². The van der Waals surface area contributed by atoms with E-state index in [-0.39, 0.29) is 24.2 Å². The lowest BCUT2D eigenvalue weighted by atomic mass is 9.92. The number of nitriles is 1. The normalized spacial score (nSPS) is 20.8. The Balaban J connectivity index is 1.05. The Bertz CT molecular complexity index is 1830. The van der Waals surface area contributed by atoms with Crippen LogP contribution >= 0.6 is 11.3 Å². The van der Waals surface area contributed by atoms with Gasteiger partial charge in [-0.25, -0.2) is 14.1 Å². The number of rotatable bonds is 6. The highest BCUT2D eigenvalue weighted by Gasteiger charge is 2.44. The molecule has 2 bridgehead atoms. The van der Waals surface area contributed by atoms with E-state index < -0.39 is 0 Å². The number of carbonyl (C=O) groups excluding carboxylic acids is 2. The van der Waals surface area contributed by atoms with Gasteiger partial charge in [-0.15, -0.1) is 10.2 Å². The molecule has 15 heteroatoms. The number of anilines is 2. The summed E-state index contributed by atoms with van der Waals surface area (Å²) in [5.41, 5.74) is 4.70. The molecule has 3 fully saturated rings. The number of hydrogen-bond donors (Lipinski definition) is 2. The van der Waals surface area contributed by atoms with E-state index in [1.54, 1.807) is 37.9 Å². The number of piperazine rings is 1. The second kappa shape index (κ2) is 12.7. The van der Waals surface area contributed by atoms with Crippen molar-refractivity contribution in [3.05, 3.63) is 42.2 Å². The maximum absolute atomic E-state index is 13.2. The molecule has 0 aromatic carbocycles. The molecule has 2 N–H and O–H groups in total. The van der Waals surface area contributed by atoms with E-state index in [9.17, 15) is 14.9 Å². The number of aromatic nitrogens is 5. The van der Waals surface area contributed by atoms with Crippen LogP contribution in [0.5, 0.6) is 0 Å². The Morgan fingerprint density at radius 1 is 1.04 bits per heavy atom. The van der Waals surface area contributed by atoms with Gasteiger partial charge in [-0.1, -0.05) is 11.3 Å². The first-order chi connectivity index (χ1) is 22.8. The fourth-order valence-corrected chi connectivity index (χ4v) is 7.86. The Labute approximate surface area is 276 Å². The summed E-state index contributed by atoms with van der Waals surface area (Å²) in [6.07, 6.45) is 5.16. The van der Waals surface area contributed by atoms with Crippen molar-refractivity contribution in [3.8, 4) is 28.0 Å². The summed E-state index contributed by atoms with van der Waals surface area (Å²) in [7, 11) is 1.38. The summed E-state index contributed by atoms with van der Waals surface area (Å²) in [5, 5.41) is 31.5. The predicted molar refractivity (Wildman–Crippen MR) is 177 cm³/mol. The number of hydrogen-bond acceptors (Lipinski definition) is 11. The minimum absolute atomic E-state index is 0.0555. The van der Waals surface area contributed by atoms with E-state index >= 15 is 0 Å². The van der Waals surface area contributed by atoms with Crippen molar-refractivity contribution in [1.29, 1.82) is 5.26 Å². The van der Waals surface area contributed by atoms with Crippen molar-refractivity contribution < 1.29 is 14.3 Å². The Morgan fingerprint density at radius 2 is 1.79 bits per heavy atom. The third kappa shape index (κ3) is 6.00. The van der Waals surface area contributed by atoms with Crippen LogP contribution in [0.15, 0.2) is 36.7 Å². The molecule has 3 aliphatic rings. The van der Waals surface area contributed by atoms with Crippen LogP contribution in [-0.4, -0.2) is 105 Å². The maximum Gasteiger partial charge on any atom is 0.409 e. The number of amides is 3. The second-order valence-corrected chi connectivity index (χ2v) is 13.6. The van der Waals surface area contributed by atoms with Gasteiger partial charge in [0.25, 0.3) is 0 Å². The van der Waals surface area contributed by atoms with Crippen LogP contribution in [0, 0.1) is 23.2 Å². The highest BCUT2D eigenvalue weighted by Crippen LogP contribution is 2.41. The van der Waals surface area contributed by atoms with E-state index in [1.165, 1.54) is 7.11 Å². The lowest BCUT2D eigenvalue weighted by Gasteiger charge is -2.40. The van der Waals surface area contributed by atoms with E-state index in [0.29, 0.717) is 43.6 Å². The Morgan fingerprint density at radius 3 is 2.49 bits per heavy atom. The Hall–Kier alpha value is -4.97. The zero-order chi connectivity index (χ0) is 32.7. The number of methoxy groups -OCH3 is 1. The molecule has 0 spiro atoms. The van der Waals surface area contributed by atoms with Gasteiger partial charge in [0.15, 0.2) is 5.01 Å². The number of urea groups is 1. The highest BCUT2D eigenvalue weighted by atomic mass is 32.1. The lowest BCUT2D eigenvalue weighted by Crippen LogP contribution is -2.58. The van der Waals surface area contributed by atoms with Gasteiger partial charge in [0.05, 0.1) is 41.3 Å². The minimum atomic E-state index is -0.351. The van der Waals surface area contributed by atoms with Gasteiger partial charge >= 0.3 is 12.1 Å². The number of nitrogens with zero attached hydrogens (tertiary/aromatic N) is 9. The molecule has 6 heterocycles. The van der Waals surface area contributed by atoms with Crippen LogP contribution in [0.1, 0.15) is 32.3 Å².